The van der Waals surface area contributed by atoms with Gasteiger partial charge >= 0.3 is 6.09 Å². The van der Waals surface area contributed by atoms with Crippen molar-refractivity contribution in [3.05, 3.63) is 108 Å². The molecule has 276 valence electrons. The molecule has 0 spiro atoms. The highest BCUT2D eigenvalue weighted by atomic mass is 16.5. The van der Waals surface area contributed by atoms with Gasteiger partial charge in [-0.15, -0.1) is 0 Å². The summed E-state index contributed by atoms with van der Waals surface area (Å²) in [4.78, 5) is 57.8. The molecule has 54 heavy (non-hydrogen) atoms. The molecule has 12 nitrogen and oxygen atoms in total. The quantitative estimate of drug-likeness (QED) is 0.100. The number of fused-ring (bicyclic) bond motifs is 6. The number of hydrogen-bond acceptors (Lipinski definition) is 7. The van der Waals surface area contributed by atoms with E-state index in [1.54, 1.807) is 9.80 Å². The molecule has 0 bridgehead atoms. The molecule has 2 heterocycles. The fourth-order valence-electron chi connectivity index (χ4n) is 7.02. The van der Waals surface area contributed by atoms with Crippen LogP contribution in [0.3, 0.4) is 0 Å². The third-order valence-corrected chi connectivity index (χ3v) is 9.71. The van der Waals surface area contributed by atoms with Crippen LogP contribution in [-0.4, -0.2) is 74.4 Å². The highest BCUT2D eigenvalue weighted by Gasteiger charge is 2.23. The topological polar surface area (TPSA) is 162 Å². The van der Waals surface area contributed by atoms with Crippen LogP contribution in [0.15, 0.2) is 91.0 Å². The predicted molar refractivity (Wildman–Crippen MR) is 211 cm³/mol. The minimum Gasteiger partial charge on any atom is -0.453 e. The second-order valence-corrected chi connectivity index (χ2v) is 13.5. The summed E-state index contributed by atoms with van der Waals surface area (Å²) >= 11 is 0. The first-order chi connectivity index (χ1) is 26.3. The number of rotatable bonds is 13. The van der Waals surface area contributed by atoms with Crippen molar-refractivity contribution in [3.63, 3.8) is 0 Å². The Morgan fingerprint density at radius 2 is 1.28 bits per heavy atom. The number of carbonyl (C=O) groups excluding carboxylic acids is 3. The molecule has 0 aliphatic heterocycles. The standard InChI is InChI=1S/C42H44N8O4/c1-4-19-49(37(51)23-44-42(53)54-3)24-35-45-33-17-13-29-21-27(11-15-31(29)39(33)47-35)28-12-16-32-30(22-28)14-18-34-40(32)48-36(46-34)25-50(20-5-2)41(52)38(43)26-9-7-6-8-10-26/h6-18,21-22,38H,4-5,19-20,23-25,43H2,1-3H3,(H,44,53)(H,45,47)(H,46,48)/t38-/m1/s1. The first-order valence-electron chi connectivity index (χ1n) is 18.3. The molecule has 0 aliphatic carbocycles. The molecule has 3 amide bonds. The number of hydrogen-bond donors (Lipinski definition) is 4. The van der Waals surface area contributed by atoms with Crippen LogP contribution in [0, 0.1) is 0 Å². The van der Waals surface area contributed by atoms with Gasteiger partial charge < -0.3 is 35.6 Å². The number of nitrogens with two attached hydrogens (primary N) is 1. The van der Waals surface area contributed by atoms with E-state index in [-0.39, 0.29) is 18.4 Å². The molecule has 5 N–H and O–H groups in total. The maximum atomic E-state index is 13.4. The van der Waals surface area contributed by atoms with Gasteiger partial charge in [0.25, 0.3) is 0 Å². The number of alkyl carbamates (subject to hydrolysis) is 1. The zero-order valence-corrected chi connectivity index (χ0v) is 30.7. The second kappa shape index (κ2) is 15.8. The number of carbonyl (C=O) groups is 3. The summed E-state index contributed by atoms with van der Waals surface area (Å²) in [6, 6.07) is 29.7. The van der Waals surface area contributed by atoms with Crippen LogP contribution in [0.2, 0.25) is 0 Å². The predicted octanol–water partition coefficient (Wildman–Crippen LogP) is 6.95. The van der Waals surface area contributed by atoms with Crippen LogP contribution < -0.4 is 11.1 Å². The average Bonchev–Trinajstić information content (AvgIpc) is 3.82. The molecule has 0 fully saturated rings. The Hall–Kier alpha value is -6.27. The number of nitrogens with one attached hydrogen (secondary N) is 3. The molecular weight excluding hydrogens is 681 g/mol. The summed E-state index contributed by atoms with van der Waals surface area (Å²) in [7, 11) is 1.26. The van der Waals surface area contributed by atoms with Crippen LogP contribution >= 0.6 is 0 Å². The first-order valence-corrected chi connectivity index (χ1v) is 18.3. The monoisotopic (exact) mass is 724 g/mol. The van der Waals surface area contributed by atoms with Crippen LogP contribution in [-0.2, 0) is 27.4 Å². The Morgan fingerprint density at radius 3 is 1.81 bits per heavy atom. The van der Waals surface area contributed by atoms with Gasteiger partial charge in [0.15, 0.2) is 0 Å². The molecule has 7 aromatic rings. The molecule has 0 aliphatic rings. The fourth-order valence-corrected chi connectivity index (χ4v) is 7.02. The summed E-state index contributed by atoms with van der Waals surface area (Å²) < 4.78 is 4.59. The van der Waals surface area contributed by atoms with Gasteiger partial charge in [0, 0.05) is 23.9 Å². The Morgan fingerprint density at radius 1 is 0.741 bits per heavy atom. The molecule has 12 heteroatoms. The molecule has 7 rings (SSSR count). The van der Waals surface area contributed by atoms with Crippen molar-refractivity contribution in [2.24, 2.45) is 5.73 Å². The SMILES string of the molecule is CCCN(Cc1nc2ccc3cc(-c4ccc5c(ccc6nc(CN(CCC)C(=O)[C@H](N)c7ccccc7)[nH]c65)c4)ccc3c2[nH]1)C(=O)CNC(=O)OC. The fraction of sp³-hybridized carbons (Fsp3) is 0.262. The highest BCUT2D eigenvalue weighted by Crippen LogP contribution is 2.32. The van der Waals surface area contributed by atoms with Crippen LogP contribution in [0.25, 0.3) is 54.7 Å². The molecule has 0 saturated heterocycles. The van der Waals surface area contributed by atoms with Crippen molar-refractivity contribution in [2.45, 2.75) is 45.8 Å². The number of H-pyrrole nitrogens is 2. The maximum absolute atomic E-state index is 13.4. The first kappa shape index (κ1) is 36.1. The van der Waals surface area contributed by atoms with Gasteiger partial charge in [-0.2, -0.15) is 0 Å². The van der Waals surface area contributed by atoms with E-state index in [2.05, 4.69) is 68.6 Å². The highest BCUT2D eigenvalue weighted by molar-refractivity contribution is 6.07. The summed E-state index contributed by atoms with van der Waals surface area (Å²) in [5.41, 5.74) is 12.8. The number of ether oxygens (including phenoxy) is 1. The van der Waals surface area contributed by atoms with Gasteiger partial charge in [-0.05, 0) is 64.6 Å². The number of benzene rings is 5. The smallest absolute Gasteiger partial charge is 0.407 e. The normalized spacial score (nSPS) is 12.0. The molecule has 2 aromatic heterocycles. The number of aromatic amines is 2. The minimum atomic E-state index is -0.734. The molecule has 5 aromatic carbocycles. The van der Waals surface area contributed by atoms with Gasteiger partial charge in [-0.1, -0.05) is 80.6 Å². The molecule has 0 saturated carbocycles. The summed E-state index contributed by atoms with van der Waals surface area (Å²) in [5, 5.41) is 6.68. The van der Waals surface area contributed by atoms with E-state index in [1.165, 1.54) is 7.11 Å². The zero-order chi connectivity index (χ0) is 37.8. The van der Waals surface area contributed by atoms with Gasteiger partial charge in [0.2, 0.25) is 11.8 Å². The minimum absolute atomic E-state index is 0.126. The number of methoxy groups -OCH3 is 1. The van der Waals surface area contributed by atoms with E-state index < -0.39 is 12.1 Å². The van der Waals surface area contributed by atoms with Gasteiger partial charge in [-0.3, -0.25) is 9.59 Å². The third-order valence-electron chi connectivity index (χ3n) is 9.71. The van der Waals surface area contributed by atoms with Crippen molar-refractivity contribution in [1.29, 1.82) is 0 Å². The number of amides is 3. The Balaban J connectivity index is 1.11. The lowest BCUT2D eigenvalue weighted by atomic mass is 9.98. The summed E-state index contributed by atoms with van der Waals surface area (Å²) in [6.45, 7) is 5.65. The van der Waals surface area contributed by atoms with Gasteiger partial charge in [0.1, 0.15) is 24.2 Å². The lowest BCUT2D eigenvalue weighted by Crippen LogP contribution is -2.40. The van der Waals surface area contributed by atoms with Crippen molar-refractivity contribution in [1.82, 2.24) is 35.1 Å². The van der Waals surface area contributed by atoms with Crippen molar-refractivity contribution < 1.29 is 19.1 Å². The third kappa shape index (κ3) is 7.46. The Bertz CT molecular complexity index is 2470. The van der Waals surface area contributed by atoms with Gasteiger partial charge in [0.05, 0.1) is 42.3 Å². The van der Waals surface area contributed by atoms with E-state index in [0.29, 0.717) is 37.8 Å². The van der Waals surface area contributed by atoms with Gasteiger partial charge in [-0.25, -0.2) is 14.8 Å². The summed E-state index contributed by atoms with van der Waals surface area (Å²) in [5.74, 6) is 1.05. The Labute approximate surface area is 312 Å². The lowest BCUT2D eigenvalue weighted by molar-refractivity contribution is -0.133. The van der Waals surface area contributed by atoms with Crippen molar-refractivity contribution in [3.8, 4) is 11.1 Å². The van der Waals surface area contributed by atoms with E-state index >= 15 is 0 Å². The number of aromatic nitrogens is 4. The summed E-state index contributed by atoms with van der Waals surface area (Å²) in [6.07, 6.45) is 0.928. The van der Waals surface area contributed by atoms with E-state index in [0.717, 1.165) is 73.1 Å². The molecule has 0 radical (unpaired) electrons. The lowest BCUT2D eigenvalue weighted by Gasteiger charge is -2.24. The maximum Gasteiger partial charge on any atom is 0.407 e. The van der Waals surface area contributed by atoms with Crippen molar-refractivity contribution >= 4 is 61.5 Å². The average molecular weight is 725 g/mol. The van der Waals surface area contributed by atoms with Crippen molar-refractivity contribution in [2.75, 3.05) is 26.7 Å². The second-order valence-electron chi connectivity index (χ2n) is 13.5. The number of nitrogens with zero attached hydrogens (tertiary/aromatic N) is 4. The van der Waals surface area contributed by atoms with E-state index in [1.807, 2.05) is 56.3 Å². The van der Waals surface area contributed by atoms with Crippen LogP contribution in [0.4, 0.5) is 4.79 Å². The van der Waals surface area contributed by atoms with E-state index in [9.17, 15) is 14.4 Å². The Kier molecular flexibility index (Phi) is 10.5. The van der Waals surface area contributed by atoms with Crippen LogP contribution in [0.1, 0.15) is 49.9 Å². The molecular formula is C42H44N8O4. The largest absolute Gasteiger partial charge is 0.453 e. The molecule has 0 unspecified atom stereocenters. The van der Waals surface area contributed by atoms with Crippen LogP contribution in [0.5, 0.6) is 0 Å². The zero-order valence-electron chi connectivity index (χ0n) is 30.7. The number of imidazole rings is 2. The molecule has 1 atom stereocenters. The van der Waals surface area contributed by atoms with E-state index in [4.69, 9.17) is 15.7 Å².